The highest BCUT2D eigenvalue weighted by Crippen LogP contribution is 2.25. The number of benzene rings is 3. The molecule has 0 unspecified atom stereocenters. The minimum Gasteiger partial charge on any atom is -0.493 e. The van der Waals surface area contributed by atoms with Crippen molar-refractivity contribution >= 4 is 23.6 Å². The maximum atomic E-state index is 12.3. The number of ether oxygens (including phenoxy) is 3. The summed E-state index contributed by atoms with van der Waals surface area (Å²) in [5.41, 5.74) is 3.41. The lowest BCUT2D eigenvalue weighted by Crippen LogP contribution is -2.16. The van der Waals surface area contributed by atoms with Crippen LogP contribution >= 0.6 is 0 Å². The van der Waals surface area contributed by atoms with Crippen molar-refractivity contribution < 1.29 is 32.2 Å². The first-order valence-electron chi connectivity index (χ1n) is 11.0. The van der Waals surface area contributed by atoms with E-state index in [4.69, 9.17) is 9.47 Å². The lowest BCUT2D eigenvalue weighted by molar-refractivity contribution is -0.274. The minimum absolute atomic E-state index is 0.0371. The van der Waals surface area contributed by atoms with Crippen molar-refractivity contribution in [2.75, 3.05) is 25.6 Å². The molecule has 0 radical (unpaired) electrons. The third-order valence-electron chi connectivity index (χ3n) is 5.25. The molecule has 186 valence electrons. The first kappa shape index (κ1) is 24.8. The molecule has 0 saturated carbocycles. The van der Waals surface area contributed by atoms with Crippen LogP contribution in [0.1, 0.15) is 16.7 Å². The molecule has 1 heterocycles. The second kappa shape index (κ2) is 10.6. The van der Waals surface area contributed by atoms with Gasteiger partial charge in [0.05, 0.1) is 6.61 Å². The normalized spacial score (nSPS) is 14.4. The summed E-state index contributed by atoms with van der Waals surface area (Å²) in [6.07, 6.45) is -2.58. The van der Waals surface area contributed by atoms with Gasteiger partial charge >= 0.3 is 12.3 Å². The average molecular weight is 496 g/mol. The van der Waals surface area contributed by atoms with E-state index in [-0.39, 0.29) is 17.3 Å². The number of carbonyl (C=O) groups is 1. The Kier molecular flexibility index (Phi) is 7.28. The molecule has 0 fully saturated rings. The largest absolute Gasteiger partial charge is 0.573 e. The van der Waals surface area contributed by atoms with E-state index < -0.39 is 12.3 Å². The van der Waals surface area contributed by atoms with Crippen molar-refractivity contribution in [1.29, 1.82) is 0 Å². The minimum atomic E-state index is -4.77. The van der Waals surface area contributed by atoms with Gasteiger partial charge in [-0.3, -0.25) is 0 Å². The third-order valence-corrected chi connectivity index (χ3v) is 5.25. The Labute approximate surface area is 206 Å². The van der Waals surface area contributed by atoms with Crippen LogP contribution in [0.3, 0.4) is 0 Å². The SMILES string of the molecule is CN(C)c1ccc(CCOc2ccc(C3=NC(=Cc4ccc(OC(F)(F)F)cc4)C(=O)O3)cc2)cc1. The molecule has 3 aromatic rings. The van der Waals surface area contributed by atoms with Crippen LogP contribution in [0.4, 0.5) is 18.9 Å². The highest BCUT2D eigenvalue weighted by molar-refractivity contribution is 6.12. The van der Waals surface area contributed by atoms with Crippen LogP contribution in [-0.2, 0) is 16.0 Å². The van der Waals surface area contributed by atoms with E-state index >= 15 is 0 Å². The number of hydrogen-bond donors (Lipinski definition) is 0. The summed E-state index contributed by atoms with van der Waals surface area (Å²) in [7, 11) is 3.99. The van der Waals surface area contributed by atoms with Crippen LogP contribution in [0.5, 0.6) is 11.5 Å². The lowest BCUT2D eigenvalue weighted by atomic mass is 10.1. The number of aliphatic imine (C=N–C) groups is 1. The van der Waals surface area contributed by atoms with E-state index in [0.29, 0.717) is 23.5 Å². The number of nitrogens with zero attached hydrogens (tertiary/aromatic N) is 2. The van der Waals surface area contributed by atoms with E-state index in [1.165, 1.54) is 23.8 Å². The van der Waals surface area contributed by atoms with Crippen molar-refractivity contribution in [2.45, 2.75) is 12.8 Å². The van der Waals surface area contributed by atoms with E-state index in [1.807, 2.05) is 19.0 Å². The highest BCUT2D eigenvalue weighted by atomic mass is 19.4. The molecular formula is C27H23F3N2O4. The molecule has 36 heavy (non-hydrogen) atoms. The highest BCUT2D eigenvalue weighted by Gasteiger charge is 2.31. The van der Waals surface area contributed by atoms with Crippen molar-refractivity contribution in [1.82, 2.24) is 0 Å². The molecule has 0 N–H and O–H groups in total. The molecular weight excluding hydrogens is 473 g/mol. The average Bonchev–Trinajstić information content (AvgIpc) is 3.20. The first-order chi connectivity index (χ1) is 17.2. The quantitative estimate of drug-likeness (QED) is 0.299. The van der Waals surface area contributed by atoms with Gasteiger partial charge in [-0.2, -0.15) is 0 Å². The third kappa shape index (κ3) is 6.65. The fourth-order valence-corrected chi connectivity index (χ4v) is 3.40. The zero-order valence-electron chi connectivity index (χ0n) is 19.6. The molecule has 0 bridgehead atoms. The van der Waals surface area contributed by atoms with Gasteiger partial charge in [0.1, 0.15) is 11.5 Å². The molecule has 3 aromatic carbocycles. The van der Waals surface area contributed by atoms with Gasteiger partial charge in [-0.15, -0.1) is 13.2 Å². The van der Waals surface area contributed by atoms with Gasteiger partial charge in [0.25, 0.3) is 0 Å². The lowest BCUT2D eigenvalue weighted by Gasteiger charge is -2.13. The number of hydrogen-bond acceptors (Lipinski definition) is 6. The molecule has 9 heteroatoms. The van der Waals surface area contributed by atoms with Crippen molar-refractivity contribution in [3.05, 3.63) is 95.2 Å². The maximum Gasteiger partial charge on any atom is 0.573 e. The fraction of sp³-hybridized carbons (Fsp3) is 0.185. The summed E-state index contributed by atoms with van der Waals surface area (Å²) in [4.78, 5) is 18.5. The van der Waals surface area contributed by atoms with Gasteiger partial charge in [0.2, 0.25) is 5.90 Å². The number of anilines is 1. The molecule has 0 spiro atoms. The number of esters is 1. The van der Waals surface area contributed by atoms with Crippen LogP contribution in [0, 0.1) is 0 Å². The topological polar surface area (TPSA) is 60.4 Å². The zero-order valence-corrected chi connectivity index (χ0v) is 19.6. The van der Waals surface area contributed by atoms with E-state index in [1.54, 1.807) is 24.3 Å². The molecule has 1 aliphatic rings. The Morgan fingerprint density at radius 2 is 1.56 bits per heavy atom. The number of carbonyl (C=O) groups excluding carboxylic acids is 1. The number of alkyl halides is 3. The van der Waals surface area contributed by atoms with Crippen LogP contribution in [-0.4, -0.2) is 38.9 Å². The Bertz CT molecular complexity index is 1260. The summed E-state index contributed by atoms with van der Waals surface area (Å²) in [5.74, 6) is -0.199. The number of cyclic esters (lactones) is 1. The Morgan fingerprint density at radius 3 is 2.17 bits per heavy atom. The maximum absolute atomic E-state index is 12.3. The van der Waals surface area contributed by atoms with Crippen LogP contribution in [0.25, 0.3) is 6.08 Å². The Balaban J connectivity index is 1.35. The van der Waals surface area contributed by atoms with Crippen molar-refractivity contribution in [3.63, 3.8) is 0 Å². The van der Waals surface area contributed by atoms with Gasteiger partial charge in [-0.25, -0.2) is 9.79 Å². The monoisotopic (exact) mass is 496 g/mol. The summed E-state index contributed by atoms with van der Waals surface area (Å²) < 4.78 is 51.8. The van der Waals surface area contributed by atoms with Gasteiger partial charge in [0.15, 0.2) is 5.70 Å². The van der Waals surface area contributed by atoms with Gasteiger partial charge < -0.3 is 19.1 Å². The molecule has 0 aliphatic carbocycles. The first-order valence-corrected chi connectivity index (χ1v) is 11.0. The fourth-order valence-electron chi connectivity index (χ4n) is 3.40. The van der Waals surface area contributed by atoms with Crippen molar-refractivity contribution in [3.8, 4) is 11.5 Å². The molecule has 0 amide bonds. The predicted octanol–water partition coefficient (Wildman–Crippen LogP) is 5.62. The number of rotatable bonds is 8. The molecule has 0 atom stereocenters. The summed E-state index contributed by atoms with van der Waals surface area (Å²) in [5, 5.41) is 0. The second-order valence-corrected chi connectivity index (χ2v) is 8.14. The Morgan fingerprint density at radius 1 is 0.917 bits per heavy atom. The van der Waals surface area contributed by atoms with Gasteiger partial charge in [0, 0.05) is 31.8 Å². The van der Waals surface area contributed by atoms with Gasteiger partial charge in [-0.05, 0) is 65.7 Å². The Hall–Kier alpha value is -4.27. The summed E-state index contributed by atoms with van der Waals surface area (Å²) >= 11 is 0. The van der Waals surface area contributed by atoms with Crippen molar-refractivity contribution in [2.24, 2.45) is 4.99 Å². The van der Waals surface area contributed by atoms with E-state index in [0.717, 1.165) is 24.2 Å². The van der Waals surface area contributed by atoms with Crippen LogP contribution < -0.4 is 14.4 Å². The smallest absolute Gasteiger partial charge is 0.493 e. The summed E-state index contributed by atoms with van der Waals surface area (Å²) in [6.45, 7) is 0.510. The molecule has 1 aliphatic heterocycles. The summed E-state index contributed by atoms with van der Waals surface area (Å²) in [6, 6.07) is 20.4. The predicted molar refractivity (Wildman–Crippen MR) is 130 cm³/mol. The molecule has 0 aromatic heterocycles. The van der Waals surface area contributed by atoms with Crippen LogP contribution in [0.2, 0.25) is 0 Å². The number of halogens is 3. The zero-order chi connectivity index (χ0) is 25.7. The van der Waals surface area contributed by atoms with Gasteiger partial charge in [-0.1, -0.05) is 24.3 Å². The van der Waals surface area contributed by atoms with E-state index in [2.05, 4.69) is 34.0 Å². The van der Waals surface area contributed by atoms with E-state index in [9.17, 15) is 18.0 Å². The van der Waals surface area contributed by atoms with Crippen LogP contribution in [0.15, 0.2) is 83.5 Å². The molecule has 4 rings (SSSR count). The molecule has 6 nitrogen and oxygen atoms in total. The standard InChI is InChI=1S/C27H23F3N2O4/c1-32(2)21-9-3-18(4-10-21)15-16-34-22-13-7-20(8-14-22)25-31-24(26(33)35-25)17-19-5-11-23(12-6-19)36-27(28,29)30/h3-14,17H,15-16H2,1-2H3. The second-order valence-electron chi connectivity index (χ2n) is 8.14. The molecule has 0 saturated heterocycles.